The molecule has 0 aliphatic rings. The first-order chi connectivity index (χ1) is 12.3. The SMILES string of the molecule is O=C(O)c1ccc(-c2ccc(Br)cc2NS(=O)(=O)c2ccc(F)cc2)o1. The van der Waals surface area contributed by atoms with Crippen LogP contribution in [0.1, 0.15) is 10.6 Å². The first-order valence-electron chi connectivity index (χ1n) is 7.18. The Morgan fingerprint density at radius 3 is 2.38 bits per heavy atom. The Balaban J connectivity index is 2.03. The Morgan fingerprint density at radius 2 is 1.77 bits per heavy atom. The Hall–Kier alpha value is -2.65. The van der Waals surface area contributed by atoms with E-state index in [1.807, 2.05) is 0 Å². The maximum absolute atomic E-state index is 13.0. The lowest BCUT2D eigenvalue weighted by atomic mass is 10.1. The Labute approximate surface area is 156 Å². The van der Waals surface area contributed by atoms with E-state index in [0.717, 1.165) is 24.3 Å². The number of nitrogens with one attached hydrogen (secondary N) is 1. The van der Waals surface area contributed by atoms with E-state index in [0.29, 0.717) is 10.0 Å². The van der Waals surface area contributed by atoms with Crippen LogP contribution < -0.4 is 4.72 Å². The van der Waals surface area contributed by atoms with Gasteiger partial charge < -0.3 is 9.52 Å². The van der Waals surface area contributed by atoms with E-state index in [1.165, 1.54) is 18.2 Å². The van der Waals surface area contributed by atoms with Gasteiger partial charge in [0.05, 0.1) is 10.6 Å². The molecule has 0 amide bonds. The van der Waals surface area contributed by atoms with Crippen LogP contribution in [-0.2, 0) is 10.0 Å². The lowest BCUT2D eigenvalue weighted by molar-refractivity contribution is 0.0663. The molecule has 3 aromatic rings. The molecule has 134 valence electrons. The van der Waals surface area contributed by atoms with Crippen molar-refractivity contribution in [2.45, 2.75) is 4.90 Å². The van der Waals surface area contributed by atoms with E-state index >= 15 is 0 Å². The van der Waals surface area contributed by atoms with Crippen molar-refractivity contribution in [1.82, 2.24) is 0 Å². The highest BCUT2D eigenvalue weighted by Crippen LogP contribution is 2.33. The predicted molar refractivity (Wildman–Crippen MR) is 96.0 cm³/mol. The monoisotopic (exact) mass is 439 g/mol. The van der Waals surface area contributed by atoms with E-state index in [1.54, 1.807) is 12.1 Å². The molecule has 0 aliphatic heterocycles. The standard InChI is InChI=1S/C17H11BrFNO5S/c18-10-1-6-13(15-7-8-16(25-15)17(21)22)14(9-10)20-26(23,24)12-4-2-11(19)3-5-12/h1-9,20H,(H,21,22). The van der Waals surface area contributed by atoms with Crippen LogP contribution in [0.25, 0.3) is 11.3 Å². The molecule has 6 nitrogen and oxygen atoms in total. The second-order valence-electron chi connectivity index (χ2n) is 5.22. The van der Waals surface area contributed by atoms with E-state index in [4.69, 9.17) is 9.52 Å². The number of benzene rings is 2. The third-order valence-corrected chi connectivity index (χ3v) is 5.31. The smallest absolute Gasteiger partial charge is 0.371 e. The molecule has 0 saturated heterocycles. The minimum atomic E-state index is -3.98. The Bertz CT molecular complexity index is 1080. The third-order valence-electron chi connectivity index (χ3n) is 3.43. The molecule has 2 aromatic carbocycles. The van der Waals surface area contributed by atoms with Gasteiger partial charge in [0, 0.05) is 10.0 Å². The second-order valence-corrected chi connectivity index (χ2v) is 7.82. The number of halogens is 2. The summed E-state index contributed by atoms with van der Waals surface area (Å²) in [4.78, 5) is 10.9. The molecule has 0 atom stereocenters. The van der Waals surface area contributed by atoms with Gasteiger partial charge in [-0.25, -0.2) is 17.6 Å². The summed E-state index contributed by atoms with van der Waals surface area (Å²) in [5, 5.41) is 8.97. The maximum Gasteiger partial charge on any atom is 0.371 e. The zero-order chi connectivity index (χ0) is 18.9. The quantitative estimate of drug-likeness (QED) is 0.615. The zero-order valence-electron chi connectivity index (χ0n) is 12.9. The van der Waals surface area contributed by atoms with E-state index < -0.39 is 21.8 Å². The number of aromatic carboxylic acids is 1. The molecule has 2 N–H and O–H groups in total. The molecular formula is C17H11BrFNO5S. The molecule has 0 bridgehead atoms. The van der Waals surface area contributed by atoms with Crippen molar-refractivity contribution in [3.8, 4) is 11.3 Å². The van der Waals surface area contributed by atoms with Crippen molar-refractivity contribution in [2.24, 2.45) is 0 Å². The molecule has 26 heavy (non-hydrogen) atoms. The van der Waals surface area contributed by atoms with Gasteiger partial charge >= 0.3 is 5.97 Å². The van der Waals surface area contributed by atoms with Crippen LogP contribution in [0.3, 0.4) is 0 Å². The van der Waals surface area contributed by atoms with Crippen molar-refractivity contribution in [3.63, 3.8) is 0 Å². The average Bonchev–Trinajstić information content (AvgIpc) is 3.05. The number of sulfonamides is 1. The number of carboxylic acids is 1. The molecule has 3 rings (SSSR count). The van der Waals surface area contributed by atoms with Gasteiger partial charge in [0.25, 0.3) is 10.0 Å². The fraction of sp³-hybridized carbons (Fsp3) is 0. The summed E-state index contributed by atoms with van der Waals surface area (Å²) >= 11 is 3.26. The lowest BCUT2D eigenvalue weighted by Gasteiger charge is -2.12. The van der Waals surface area contributed by atoms with Crippen LogP contribution in [0, 0.1) is 5.82 Å². The summed E-state index contributed by atoms with van der Waals surface area (Å²) < 4.78 is 46.4. The Kier molecular flexibility index (Phi) is 4.84. The Morgan fingerprint density at radius 1 is 1.08 bits per heavy atom. The number of rotatable bonds is 5. The summed E-state index contributed by atoms with van der Waals surface area (Å²) in [7, 11) is -3.98. The highest BCUT2D eigenvalue weighted by molar-refractivity contribution is 9.10. The number of carboxylic acid groups (broad SMARTS) is 1. The molecule has 0 fully saturated rings. The van der Waals surface area contributed by atoms with Crippen LogP contribution in [0.15, 0.2) is 68.4 Å². The predicted octanol–water partition coefficient (Wildman–Crippen LogP) is 4.35. The van der Waals surface area contributed by atoms with E-state index in [9.17, 15) is 17.6 Å². The molecule has 9 heteroatoms. The maximum atomic E-state index is 13.0. The first kappa shape index (κ1) is 18.2. The lowest BCUT2D eigenvalue weighted by Crippen LogP contribution is -2.13. The summed E-state index contributed by atoms with van der Waals surface area (Å²) in [5.41, 5.74) is 0.529. The van der Waals surface area contributed by atoms with Crippen molar-refractivity contribution in [1.29, 1.82) is 0 Å². The number of furan rings is 1. The summed E-state index contributed by atoms with van der Waals surface area (Å²) in [5.74, 6) is -1.87. The molecule has 0 radical (unpaired) electrons. The number of hydrogen-bond acceptors (Lipinski definition) is 4. The molecule has 1 heterocycles. The van der Waals surface area contributed by atoms with Gasteiger partial charge in [0.2, 0.25) is 5.76 Å². The van der Waals surface area contributed by atoms with E-state index in [-0.39, 0.29) is 22.1 Å². The summed E-state index contributed by atoms with van der Waals surface area (Å²) in [6, 6.07) is 11.8. The average molecular weight is 440 g/mol. The van der Waals surface area contributed by atoms with Gasteiger partial charge in [0.1, 0.15) is 11.6 Å². The van der Waals surface area contributed by atoms with Gasteiger partial charge in [0.15, 0.2) is 0 Å². The number of anilines is 1. The molecular weight excluding hydrogens is 429 g/mol. The summed E-state index contributed by atoms with van der Waals surface area (Å²) in [6.45, 7) is 0. The van der Waals surface area contributed by atoms with Crippen LogP contribution in [0.2, 0.25) is 0 Å². The minimum absolute atomic E-state index is 0.115. The van der Waals surface area contributed by atoms with Crippen LogP contribution >= 0.6 is 15.9 Å². The van der Waals surface area contributed by atoms with Crippen LogP contribution in [0.5, 0.6) is 0 Å². The van der Waals surface area contributed by atoms with Crippen molar-refractivity contribution >= 4 is 37.6 Å². The first-order valence-corrected chi connectivity index (χ1v) is 9.45. The molecule has 1 aromatic heterocycles. The van der Waals surface area contributed by atoms with Gasteiger partial charge in [-0.2, -0.15) is 0 Å². The van der Waals surface area contributed by atoms with Gasteiger partial charge in [-0.1, -0.05) is 15.9 Å². The second kappa shape index (κ2) is 6.93. The normalized spacial score (nSPS) is 11.3. The van der Waals surface area contributed by atoms with Crippen LogP contribution in [0.4, 0.5) is 10.1 Å². The summed E-state index contributed by atoms with van der Waals surface area (Å²) in [6.07, 6.45) is 0. The largest absolute Gasteiger partial charge is 0.475 e. The van der Waals surface area contributed by atoms with Gasteiger partial charge in [-0.3, -0.25) is 4.72 Å². The fourth-order valence-electron chi connectivity index (χ4n) is 2.23. The minimum Gasteiger partial charge on any atom is -0.475 e. The van der Waals surface area contributed by atoms with Crippen molar-refractivity contribution in [2.75, 3.05) is 4.72 Å². The number of hydrogen-bond donors (Lipinski definition) is 2. The molecule has 0 spiro atoms. The molecule has 0 saturated carbocycles. The molecule has 0 aliphatic carbocycles. The van der Waals surface area contributed by atoms with Crippen LogP contribution in [-0.4, -0.2) is 19.5 Å². The third kappa shape index (κ3) is 3.78. The van der Waals surface area contributed by atoms with Gasteiger partial charge in [-0.15, -0.1) is 0 Å². The van der Waals surface area contributed by atoms with E-state index in [2.05, 4.69) is 20.7 Å². The van der Waals surface area contributed by atoms with Gasteiger partial charge in [-0.05, 0) is 54.6 Å². The van der Waals surface area contributed by atoms with Crippen molar-refractivity contribution < 1.29 is 27.1 Å². The molecule has 0 unspecified atom stereocenters. The highest BCUT2D eigenvalue weighted by Gasteiger charge is 2.19. The topological polar surface area (TPSA) is 96.6 Å². The fourth-order valence-corrected chi connectivity index (χ4v) is 3.66. The number of carbonyl (C=O) groups is 1. The highest BCUT2D eigenvalue weighted by atomic mass is 79.9. The zero-order valence-corrected chi connectivity index (χ0v) is 15.3. The van der Waals surface area contributed by atoms with Crippen molar-refractivity contribution in [3.05, 3.63) is 70.6 Å².